The summed E-state index contributed by atoms with van der Waals surface area (Å²) in [5.74, 6) is -2.30. The number of ether oxygens (including phenoxy) is 2. The minimum Gasteiger partial charge on any atom is -0.493 e. The molecule has 2 N–H and O–H groups in total. The molecule has 3 rings (SSSR count). The quantitative estimate of drug-likeness (QED) is 0.454. The van der Waals surface area contributed by atoms with Gasteiger partial charge in [0.05, 0.1) is 17.8 Å². The number of benzene rings is 2. The number of rotatable bonds is 8. The van der Waals surface area contributed by atoms with Crippen molar-refractivity contribution in [3.05, 3.63) is 52.8 Å². The zero-order valence-electron chi connectivity index (χ0n) is 17.6. The summed E-state index contributed by atoms with van der Waals surface area (Å²) >= 11 is 5.70. The van der Waals surface area contributed by atoms with E-state index in [-0.39, 0.29) is 33.8 Å². The van der Waals surface area contributed by atoms with Crippen molar-refractivity contribution in [2.75, 3.05) is 19.0 Å². The fraction of sp³-hybridized carbons (Fsp3) is 0.348. The largest absolute Gasteiger partial charge is 0.493 e. The molecule has 2 aromatic carbocycles. The van der Waals surface area contributed by atoms with Gasteiger partial charge in [-0.15, -0.1) is 0 Å². The molecule has 0 bridgehead atoms. The Kier molecular flexibility index (Phi) is 8.05. The van der Waals surface area contributed by atoms with E-state index < -0.39 is 30.0 Å². The van der Waals surface area contributed by atoms with Crippen molar-refractivity contribution in [3.63, 3.8) is 0 Å². The van der Waals surface area contributed by atoms with Crippen LogP contribution in [0.3, 0.4) is 0 Å². The number of nitrogens with one attached hydrogen (secondary N) is 2. The van der Waals surface area contributed by atoms with Crippen LogP contribution in [0.4, 0.5) is 10.1 Å². The molecule has 0 aliphatic heterocycles. The van der Waals surface area contributed by atoms with Crippen molar-refractivity contribution in [1.82, 2.24) is 5.32 Å². The number of carbonyl (C=O) groups is 3. The SMILES string of the molecule is COc1cc(C(=O)C(=O)NC2CCCCC2)ccc1OCC(=O)Nc1cccc(Cl)c1F. The van der Waals surface area contributed by atoms with Gasteiger partial charge < -0.3 is 20.1 Å². The van der Waals surface area contributed by atoms with Gasteiger partial charge in [-0.25, -0.2) is 4.39 Å². The van der Waals surface area contributed by atoms with Gasteiger partial charge in [-0.2, -0.15) is 0 Å². The number of Topliss-reactive ketones (excluding diaryl/α,β-unsaturated/α-hetero) is 1. The average Bonchev–Trinajstić information content (AvgIpc) is 2.80. The van der Waals surface area contributed by atoms with Crippen LogP contribution in [0.15, 0.2) is 36.4 Å². The van der Waals surface area contributed by atoms with E-state index in [0.717, 1.165) is 32.1 Å². The van der Waals surface area contributed by atoms with E-state index in [1.807, 2.05) is 0 Å². The van der Waals surface area contributed by atoms with Gasteiger partial charge in [0.25, 0.3) is 11.8 Å². The Labute approximate surface area is 190 Å². The van der Waals surface area contributed by atoms with Crippen LogP contribution >= 0.6 is 11.6 Å². The van der Waals surface area contributed by atoms with E-state index in [4.69, 9.17) is 21.1 Å². The van der Waals surface area contributed by atoms with Crippen molar-refractivity contribution in [2.24, 2.45) is 0 Å². The molecule has 0 spiro atoms. The fourth-order valence-corrected chi connectivity index (χ4v) is 3.66. The summed E-state index contributed by atoms with van der Waals surface area (Å²) in [6, 6.07) is 8.51. The van der Waals surface area contributed by atoms with Gasteiger partial charge in [-0.05, 0) is 43.2 Å². The molecular formula is C23H24ClFN2O5. The number of halogens is 2. The lowest BCUT2D eigenvalue weighted by Crippen LogP contribution is -2.40. The normalized spacial score (nSPS) is 13.8. The van der Waals surface area contributed by atoms with Crippen LogP contribution in [-0.2, 0) is 9.59 Å². The van der Waals surface area contributed by atoms with E-state index >= 15 is 0 Å². The Morgan fingerprint density at radius 1 is 1.09 bits per heavy atom. The fourth-order valence-electron chi connectivity index (χ4n) is 3.49. The maximum atomic E-state index is 13.9. The molecule has 9 heteroatoms. The molecule has 2 amide bonds. The monoisotopic (exact) mass is 462 g/mol. The van der Waals surface area contributed by atoms with Crippen LogP contribution in [-0.4, -0.2) is 37.4 Å². The first-order chi connectivity index (χ1) is 15.4. The topological polar surface area (TPSA) is 93.7 Å². The van der Waals surface area contributed by atoms with Crippen LogP contribution in [0.25, 0.3) is 0 Å². The van der Waals surface area contributed by atoms with E-state index in [2.05, 4.69) is 10.6 Å². The summed E-state index contributed by atoms with van der Waals surface area (Å²) in [6.45, 7) is -0.433. The van der Waals surface area contributed by atoms with Gasteiger partial charge in [0.15, 0.2) is 23.9 Å². The summed E-state index contributed by atoms with van der Waals surface area (Å²) in [4.78, 5) is 36.9. The summed E-state index contributed by atoms with van der Waals surface area (Å²) < 4.78 is 24.6. The third-order valence-electron chi connectivity index (χ3n) is 5.16. The average molecular weight is 463 g/mol. The van der Waals surface area contributed by atoms with Crippen molar-refractivity contribution in [1.29, 1.82) is 0 Å². The molecule has 1 fully saturated rings. The molecule has 0 unspecified atom stereocenters. The molecule has 0 heterocycles. The number of ketones is 1. The third-order valence-corrected chi connectivity index (χ3v) is 5.45. The minimum atomic E-state index is -0.741. The molecule has 0 radical (unpaired) electrons. The van der Waals surface area contributed by atoms with Gasteiger partial charge >= 0.3 is 0 Å². The van der Waals surface area contributed by atoms with Gasteiger partial charge in [0, 0.05) is 11.6 Å². The Hall–Kier alpha value is -3.13. The number of hydrogen-bond acceptors (Lipinski definition) is 5. The standard InChI is InChI=1S/C23H24ClFN2O5/c1-31-19-12-14(22(29)23(30)26-15-6-3-2-4-7-15)10-11-18(19)32-13-20(28)27-17-9-5-8-16(24)21(17)25/h5,8-12,15H,2-4,6-7,13H2,1H3,(H,26,30)(H,27,28). The minimum absolute atomic E-state index is 0.0209. The van der Waals surface area contributed by atoms with Gasteiger partial charge in [0.1, 0.15) is 0 Å². The van der Waals surface area contributed by atoms with Gasteiger partial charge in [-0.1, -0.05) is 36.9 Å². The number of amides is 2. The highest BCUT2D eigenvalue weighted by Crippen LogP contribution is 2.29. The van der Waals surface area contributed by atoms with E-state index in [1.54, 1.807) is 0 Å². The lowest BCUT2D eigenvalue weighted by atomic mass is 9.95. The molecule has 32 heavy (non-hydrogen) atoms. The van der Waals surface area contributed by atoms with Crippen LogP contribution < -0.4 is 20.1 Å². The third kappa shape index (κ3) is 5.97. The lowest BCUT2D eigenvalue weighted by molar-refractivity contribution is -0.118. The Bertz CT molecular complexity index is 1010. The maximum Gasteiger partial charge on any atom is 0.292 e. The molecular weight excluding hydrogens is 439 g/mol. The van der Waals surface area contributed by atoms with Crippen LogP contribution in [0.5, 0.6) is 11.5 Å². The van der Waals surface area contributed by atoms with Gasteiger partial charge in [0.2, 0.25) is 5.78 Å². The van der Waals surface area contributed by atoms with E-state index in [9.17, 15) is 18.8 Å². The Morgan fingerprint density at radius 2 is 1.84 bits per heavy atom. The highest BCUT2D eigenvalue weighted by Gasteiger charge is 2.23. The van der Waals surface area contributed by atoms with Gasteiger partial charge in [-0.3, -0.25) is 14.4 Å². The summed E-state index contributed by atoms with van der Waals surface area (Å²) in [5.41, 5.74) is 0.0796. The van der Waals surface area contributed by atoms with Crippen molar-refractivity contribution < 1.29 is 28.2 Å². The number of hydrogen-bond donors (Lipinski definition) is 2. The van der Waals surface area contributed by atoms with Crippen molar-refractivity contribution in [2.45, 2.75) is 38.1 Å². The molecule has 7 nitrogen and oxygen atoms in total. The smallest absolute Gasteiger partial charge is 0.292 e. The summed E-state index contributed by atoms with van der Waals surface area (Å²) in [5, 5.41) is 5.05. The zero-order valence-corrected chi connectivity index (χ0v) is 18.3. The van der Waals surface area contributed by atoms with Crippen LogP contribution in [0.1, 0.15) is 42.5 Å². The van der Waals surface area contributed by atoms with Crippen molar-refractivity contribution in [3.8, 4) is 11.5 Å². The predicted molar refractivity (Wildman–Crippen MR) is 118 cm³/mol. The number of anilines is 1. The first-order valence-corrected chi connectivity index (χ1v) is 10.7. The summed E-state index contributed by atoms with van der Waals surface area (Å²) in [7, 11) is 1.37. The Morgan fingerprint density at radius 3 is 2.56 bits per heavy atom. The van der Waals surface area contributed by atoms with E-state index in [0.29, 0.717) is 0 Å². The lowest BCUT2D eigenvalue weighted by Gasteiger charge is -2.22. The molecule has 0 atom stereocenters. The summed E-state index contributed by atoms with van der Waals surface area (Å²) in [6.07, 6.45) is 4.96. The highest BCUT2D eigenvalue weighted by molar-refractivity contribution is 6.43. The molecule has 170 valence electrons. The second-order valence-corrected chi connectivity index (χ2v) is 7.85. The molecule has 1 saturated carbocycles. The number of carbonyl (C=O) groups excluding carboxylic acids is 3. The second kappa shape index (κ2) is 10.9. The molecule has 0 aromatic heterocycles. The zero-order chi connectivity index (χ0) is 23.1. The predicted octanol–water partition coefficient (Wildman–Crippen LogP) is 4.14. The molecule has 2 aromatic rings. The van der Waals surface area contributed by atoms with Crippen LogP contribution in [0, 0.1) is 5.82 Å². The van der Waals surface area contributed by atoms with Crippen molar-refractivity contribution >= 4 is 34.9 Å². The maximum absolute atomic E-state index is 13.9. The first kappa shape index (κ1) is 23.5. The Balaban J connectivity index is 1.60. The molecule has 1 aliphatic carbocycles. The molecule has 0 saturated heterocycles. The van der Waals surface area contributed by atoms with Crippen LogP contribution in [0.2, 0.25) is 5.02 Å². The highest BCUT2D eigenvalue weighted by atomic mass is 35.5. The van der Waals surface area contributed by atoms with E-state index in [1.165, 1.54) is 43.5 Å². The molecule has 1 aliphatic rings. The first-order valence-electron chi connectivity index (χ1n) is 10.3. The second-order valence-electron chi connectivity index (χ2n) is 7.44. The number of methoxy groups -OCH3 is 1.